The predicted octanol–water partition coefficient (Wildman–Crippen LogP) is 5.24. The number of aryl methyl sites for hydroxylation is 3. The number of nitrogens with one attached hydrogen (secondary N) is 1. The molecule has 0 saturated heterocycles. The molecule has 2 aromatic carbocycles. The van der Waals surface area contributed by atoms with Gasteiger partial charge in [0, 0.05) is 0 Å². The summed E-state index contributed by atoms with van der Waals surface area (Å²) in [4.78, 5) is 12.5. The molecule has 3 rings (SSSR count). The fourth-order valence-electron chi connectivity index (χ4n) is 3.10. The van der Waals surface area contributed by atoms with Crippen LogP contribution >= 0.6 is 27.3 Å². The van der Waals surface area contributed by atoms with Crippen LogP contribution in [0.3, 0.4) is 0 Å². The van der Waals surface area contributed by atoms with E-state index in [2.05, 4.69) is 31.4 Å². The number of anilines is 1. The molecule has 176 valence electrons. The van der Waals surface area contributed by atoms with Gasteiger partial charge in [-0.05, 0) is 71.6 Å². The molecule has 8 nitrogen and oxygen atoms in total. The van der Waals surface area contributed by atoms with E-state index in [9.17, 15) is 10.1 Å². The van der Waals surface area contributed by atoms with Crippen molar-refractivity contribution in [2.45, 2.75) is 20.8 Å². The molecule has 0 saturated carbocycles. The number of hydrogen-bond donors (Lipinski definition) is 1. The molecule has 1 N–H and O–H groups in total. The van der Waals surface area contributed by atoms with Gasteiger partial charge in [0.25, 0.3) is 5.91 Å². The number of aromatic nitrogens is 2. The van der Waals surface area contributed by atoms with E-state index < -0.39 is 5.91 Å². The van der Waals surface area contributed by atoms with Gasteiger partial charge in [-0.15, -0.1) is 10.2 Å². The van der Waals surface area contributed by atoms with Crippen LogP contribution in [0.1, 0.15) is 21.7 Å². The highest BCUT2D eigenvalue weighted by molar-refractivity contribution is 9.10. The highest BCUT2D eigenvalue weighted by Gasteiger charge is 2.15. The highest BCUT2D eigenvalue weighted by atomic mass is 79.9. The molecule has 0 fully saturated rings. The maximum Gasteiger partial charge on any atom is 0.268 e. The second-order valence-electron chi connectivity index (χ2n) is 7.20. The van der Waals surface area contributed by atoms with E-state index in [1.54, 1.807) is 19.1 Å². The molecule has 0 unspecified atom stereocenters. The van der Waals surface area contributed by atoms with Crippen LogP contribution in [0.5, 0.6) is 17.2 Å². The first-order valence-electron chi connectivity index (χ1n) is 10.2. The summed E-state index contributed by atoms with van der Waals surface area (Å²) in [6.07, 6.45) is 1.46. The molecular formula is C24H23BrN4O4S. The molecule has 0 aliphatic rings. The van der Waals surface area contributed by atoms with Crippen molar-refractivity contribution < 1.29 is 19.0 Å². The third-order valence-electron chi connectivity index (χ3n) is 4.66. The predicted molar refractivity (Wildman–Crippen MR) is 134 cm³/mol. The quantitative estimate of drug-likeness (QED) is 0.224. The Morgan fingerprint density at radius 1 is 1.15 bits per heavy atom. The van der Waals surface area contributed by atoms with Gasteiger partial charge >= 0.3 is 0 Å². The van der Waals surface area contributed by atoms with Crippen LogP contribution in [0.2, 0.25) is 0 Å². The zero-order chi connectivity index (χ0) is 24.7. The number of nitriles is 1. The van der Waals surface area contributed by atoms with Gasteiger partial charge in [-0.3, -0.25) is 10.1 Å². The number of halogens is 1. The molecule has 1 heterocycles. The minimum Gasteiger partial charge on any atom is -0.493 e. The fraction of sp³-hybridized carbons (Fsp3) is 0.250. The van der Waals surface area contributed by atoms with E-state index in [0.29, 0.717) is 44.9 Å². The van der Waals surface area contributed by atoms with Crippen molar-refractivity contribution >= 4 is 44.4 Å². The number of amides is 1. The van der Waals surface area contributed by atoms with E-state index in [1.807, 2.05) is 38.1 Å². The number of ether oxygens (including phenoxy) is 3. The Hall–Kier alpha value is -3.42. The number of methoxy groups -OCH3 is 1. The van der Waals surface area contributed by atoms with Crippen molar-refractivity contribution in [1.29, 1.82) is 5.26 Å². The largest absolute Gasteiger partial charge is 0.493 e. The summed E-state index contributed by atoms with van der Waals surface area (Å²) in [7, 11) is 1.52. The van der Waals surface area contributed by atoms with Gasteiger partial charge in [0.2, 0.25) is 5.13 Å². The molecule has 10 heteroatoms. The molecule has 34 heavy (non-hydrogen) atoms. The zero-order valence-electron chi connectivity index (χ0n) is 19.1. The summed E-state index contributed by atoms with van der Waals surface area (Å²) in [6, 6.07) is 11.3. The van der Waals surface area contributed by atoms with Crippen LogP contribution in [-0.4, -0.2) is 36.4 Å². The number of para-hydroxylation sites is 1. The average molecular weight is 543 g/mol. The van der Waals surface area contributed by atoms with E-state index in [-0.39, 0.29) is 5.57 Å². The van der Waals surface area contributed by atoms with Gasteiger partial charge in [-0.1, -0.05) is 29.5 Å². The summed E-state index contributed by atoms with van der Waals surface area (Å²) in [5.41, 5.74) is 2.63. The maximum atomic E-state index is 12.5. The van der Waals surface area contributed by atoms with Crippen LogP contribution in [0.4, 0.5) is 5.13 Å². The second kappa shape index (κ2) is 11.6. The SMILES string of the molecule is COc1cc(C=C(C#N)C(=O)Nc2nnc(C)s2)cc(Br)c1OCCOc1c(C)cccc1C. The summed E-state index contributed by atoms with van der Waals surface area (Å²) in [5, 5.41) is 20.8. The van der Waals surface area contributed by atoms with Gasteiger partial charge in [-0.2, -0.15) is 5.26 Å². The Kier molecular flexibility index (Phi) is 8.62. The monoisotopic (exact) mass is 542 g/mol. The molecule has 1 amide bonds. The van der Waals surface area contributed by atoms with Crippen LogP contribution in [-0.2, 0) is 4.79 Å². The molecule has 0 aliphatic heterocycles. The Morgan fingerprint density at radius 3 is 2.41 bits per heavy atom. The lowest BCUT2D eigenvalue weighted by atomic mass is 10.1. The van der Waals surface area contributed by atoms with E-state index >= 15 is 0 Å². The van der Waals surface area contributed by atoms with Crippen molar-refractivity contribution in [1.82, 2.24) is 10.2 Å². The Labute approximate surface area is 210 Å². The summed E-state index contributed by atoms with van der Waals surface area (Å²) in [5.74, 6) is 1.23. The van der Waals surface area contributed by atoms with Crippen molar-refractivity contribution in [2.24, 2.45) is 0 Å². The third kappa shape index (κ3) is 6.34. The highest BCUT2D eigenvalue weighted by Crippen LogP contribution is 2.37. The summed E-state index contributed by atoms with van der Waals surface area (Å²) in [6.45, 7) is 6.43. The minimum absolute atomic E-state index is 0.0857. The second-order valence-corrected chi connectivity index (χ2v) is 9.24. The van der Waals surface area contributed by atoms with E-state index in [1.165, 1.54) is 24.5 Å². The number of rotatable bonds is 9. The number of benzene rings is 2. The number of carbonyl (C=O) groups is 1. The van der Waals surface area contributed by atoms with Crippen LogP contribution in [0.15, 0.2) is 40.4 Å². The van der Waals surface area contributed by atoms with Crippen LogP contribution in [0.25, 0.3) is 6.08 Å². The number of carbonyl (C=O) groups excluding carboxylic acids is 1. The molecule has 0 radical (unpaired) electrons. The topological polar surface area (TPSA) is 106 Å². The first kappa shape index (κ1) is 25.2. The molecule has 1 aromatic heterocycles. The van der Waals surface area contributed by atoms with Crippen LogP contribution in [0, 0.1) is 32.1 Å². The van der Waals surface area contributed by atoms with Crippen molar-refractivity contribution in [2.75, 3.05) is 25.6 Å². The number of nitrogens with zero attached hydrogens (tertiary/aromatic N) is 3. The number of hydrogen-bond acceptors (Lipinski definition) is 8. The molecular weight excluding hydrogens is 520 g/mol. The Balaban J connectivity index is 1.70. The van der Waals surface area contributed by atoms with Crippen LogP contribution < -0.4 is 19.5 Å². The van der Waals surface area contributed by atoms with Crippen molar-refractivity contribution in [3.05, 3.63) is 62.1 Å². The van der Waals surface area contributed by atoms with Gasteiger partial charge in [-0.25, -0.2) is 0 Å². The maximum absolute atomic E-state index is 12.5. The summed E-state index contributed by atoms with van der Waals surface area (Å²) >= 11 is 4.71. The molecule has 0 bridgehead atoms. The third-order valence-corrected chi connectivity index (χ3v) is 6.00. The van der Waals surface area contributed by atoms with E-state index in [4.69, 9.17) is 14.2 Å². The van der Waals surface area contributed by atoms with Crippen molar-refractivity contribution in [3.63, 3.8) is 0 Å². The fourth-order valence-corrected chi connectivity index (χ4v) is 4.27. The first-order valence-corrected chi connectivity index (χ1v) is 11.9. The smallest absolute Gasteiger partial charge is 0.268 e. The standard InChI is InChI=1S/C24H23BrN4O4S/c1-14-6-5-7-15(2)21(14)32-8-9-33-22-19(25)11-17(12-20(22)31-4)10-18(13-26)23(30)27-24-29-28-16(3)34-24/h5-7,10-12H,8-9H2,1-4H3,(H,27,29,30). The molecule has 3 aromatic rings. The lowest BCUT2D eigenvalue weighted by molar-refractivity contribution is -0.112. The van der Waals surface area contributed by atoms with Gasteiger partial charge in [0.15, 0.2) is 11.5 Å². The minimum atomic E-state index is -0.572. The molecule has 0 spiro atoms. The van der Waals surface area contributed by atoms with Gasteiger partial charge in [0.1, 0.15) is 35.6 Å². The average Bonchev–Trinajstić information content (AvgIpc) is 3.21. The first-order chi connectivity index (χ1) is 16.3. The lowest BCUT2D eigenvalue weighted by Crippen LogP contribution is -2.13. The normalized spacial score (nSPS) is 11.0. The van der Waals surface area contributed by atoms with E-state index in [0.717, 1.165) is 16.9 Å². The zero-order valence-corrected chi connectivity index (χ0v) is 21.5. The molecule has 0 aliphatic carbocycles. The Morgan fingerprint density at radius 2 is 1.82 bits per heavy atom. The Bertz CT molecular complexity index is 1250. The molecule has 0 atom stereocenters. The van der Waals surface area contributed by atoms with Crippen molar-refractivity contribution in [3.8, 4) is 23.3 Å². The van der Waals surface area contributed by atoms with Gasteiger partial charge in [0.05, 0.1) is 11.6 Å². The van der Waals surface area contributed by atoms with Gasteiger partial charge < -0.3 is 14.2 Å². The summed E-state index contributed by atoms with van der Waals surface area (Å²) < 4.78 is 17.9. The lowest BCUT2D eigenvalue weighted by Gasteiger charge is -2.15.